The second-order valence-corrected chi connectivity index (χ2v) is 4.15. The summed E-state index contributed by atoms with van der Waals surface area (Å²) >= 11 is 0. The molecule has 2 heterocycles. The smallest absolute Gasteiger partial charge is 0.373 e. The Hall–Kier alpha value is -0.290. The molecule has 82 valence electrons. The van der Waals surface area contributed by atoms with Crippen molar-refractivity contribution >= 4 is 0 Å². The summed E-state index contributed by atoms with van der Waals surface area (Å²) in [5.41, 5.74) is 0. The summed E-state index contributed by atoms with van der Waals surface area (Å²) in [7, 11) is 0. The molecule has 0 spiro atoms. The van der Waals surface area contributed by atoms with E-state index in [2.05, 4.69) is 5.32 Å². The van der Waals surface area contributed by atoms with Gasteiger partial charge in [0.15, 0.2) is 0 Å². The van der Waals surface area contributed by atoms with Gasteiger partial charge in [-0.3, -0.25) is 0 Å². The topological polar surface area (TPSA) is 21.3 Å². The first kappa shape index (κ1) is 10.2. The molecule has 2 rings (SSSR count). The number of ether oxygens (including phenoxy) is 1. The summed E-state index contributed by atoms with van der Waals surface area (Å²) < 4.78 is 42.2. The van der Waals surface area contributed by atoms with Crippen LogP contribution in [0.3, 0.4) is 0 Å². The minimum absolute atomic E-state index is 0.00444. The molecule has 5 heteroatoms. The second kappa shape index (κ2) is 3.38. The highest BCUT2D eigenvalue weighted by molar-refractivity contribution is 4.95. The van der Waals surface area contributed by atoms with Crippen LogP contribution in [0.1, 0.15) is 26.2 Å². The number of halogens is 3. The summed E-state index contributed by atoms with van der Waals surface area (Å²) in [6, 6.07) is -1.54. The standard InChI is InChI=1S/C9H14F3NO/c1-5(9(10,11)12)13-7-4-6-2-3-8(7)14-6/h5-8,13H,2-4H2,1H3/t5?,6?,7-,8?/m0/s1. The van der Waals surface area contributed by atoms with Crippen molar-refractivity contribution in [2.24, 2.45) is 0 Å². The van der Waals surface area contributed by atoms with E-state index in [1.807, 2.05) is 0 Å². The van der Waals surface area contributed by atoms with Crippen LogP contribution in [0.25, 0.3) is 0 Å². The van der Waals surface area contributed by atoms with Crippen molar-refractivity contribution in [3.05, 3.63) is 0 Å². The zero-order chi connectivity index (χ0) is 10.3. The van der Waals surface area contributed by atoms with E-state index in [4.69, 9.17) is 4.74 Å². The van der Waals surface area contributed by atoms with Gasteiger partial charge < -0.3 is 10.1 Å². The zero-order valence-electron chi connectivity index (χ0n) is 7.97. The number of rotatable bonds is 2. The summed E-state index contributed by atoms with van der Waals surface area (Å²) in [4.78, 5) is 0. The molecule has 3 unspecified atom stereocenters. The van der Waals surface area contributed by atoms with Crippen LogP contribution in [0.2, 0.25) is 0 Å². The lowest BCUT2D eigenvalue weighted by molar-refractivity contribution is -0.154. The van der Waals surface area contributed by atoms with Gasteiger partial charge in [-0.25, -0.2) is 0 Å². The fraction of sp³-hybridized carbons (Fsp3) is 1.00. The maximum atomic E-state index is 12.2. The minimum Gasteiger partial charge on any atom is -0.373 e. The molecule has 2 bridgehead atoms. The van der Waals surface area contributed by atoms with Crippen LogP contribution in [0.4, 0.5) is 13.2 Å². The van der Waals surface area contributed by atoms with Gasteiger partial charge in [-0.05, 0) is 26.2 Å². The molecular formula is C9H14F3NO. The lowest BCUT2D eigenvalue weighted by Gasteiger charge is -2.25. The lowest BCUT2D eigenvalue weighted by atomic mass is 9.95. The highest BCUT2D eigenvalue weighted by atomic mass is 19.4. The van der Waals surface area contributed by atoms with E-state index < -0.39 is 12.2 Å². The zero-order valence-corrected chi connectivity index (χ0v) is 7.97. The normalized spacial score (nSPS) is 39.0. The maximum absolute atomic E-state index is 12.2. The van der Waals surface area contributed by atoms with Crippen LogP contribution < -0.4 is 5.32 Å². The fourth-order valence-corrected chi connectivity index (χ4v) is 2.23. The monoisotopic (exact) mass is 209 g/mol. The molecule has 2 aliphatic heterocycles. The largest absolute Gasteiger partial charge is 0.403 e. The molecule has 1 N–H and O–H groups in total. The molecule has 2 saturated heterocycles. The van der Waals surface area contributed by atoms with Crippen LogP contribution >= 0.6 is 0 Å². The van der Waals surface area contributed by atoms with E-state index >= 15 is 0 Å². The summed E-state index contributed by atoms with van der Waals surface area (Å²) in [5, 5.41) is 2.60. The van der Waals surface area contributed by atoms with Crippen molar-refractivity contribution in [1.29, 1.82) is 0 Å². The summed E-state index contributed by atoms with van der Waals surface area (Å²) in [6.45, 7) is 1.16. The molecule has 0 aliphatic carbocycles. The predicted molar refractivity (Wildman–Crippen MR) is 45.0 cm³/mol. The van der Waals surface area contributed by atoms with Crippen LogP contribution in [0.15, 0.2) is 0 Å². The third kappa shape index (κ3) is 1.88. The Balaban J connectivity index is 1.87. The average molecular weight is 209 g/mol. The van der Waals surface area contributed by atoms with Gasteiger partial charge in [0.2, 0.25) is 0 Å². The van der Waals surface area contributed by atoms with Crippen LogP contribution in [-0.2, 0) is 4.74 Å². The van der Waals surface area contributed by atoms with E-state index in [-0.39, 0.29) is 18.2 Å². The molecule has 2 nitrogen and oxygen atoms in total. The number of alkyl halides is 3. The van der Waals surface area contributed by atoms with Gasteiger partial charge in [-0.1, -0.05) is 0 Å². The van der Waals surface area contributed by atoms with E-state index in [9.17, 15) is 13.2 Å². The Labute approximate surface area is 80.8 Å². The van der Waals surface area contributed by atoms with Crippen molar-refractivity contribution in [2.45, 2.75) is 56.7 Å². The van der Waals surface area contributed by atoms with Crippen molar-refractivity contribution < 1.29 is 17.9 Å². The molecule has 0 aromatic rings. The number of hydrogen-bond acceptors (Lipinski definition) is 2. The third-order valence-corrected chi connectivity index (χ3v) is 3.06. The molecule has 0 amide bonds. The number of fused-ring (bicyclic) bond motifs is 2. The quantitative estimate of drug-likeness (QED) is 0.749. The Morgan fingerprint density at radius 3 is 2.50 bits per heavy atom. The van der Waals surface area contributed by atoms with Crippen LogP contribution in [0, 0.1) is 0 Å². The Bertz CT molecular complexity index is 219. The van der Waals surface area contributed by atoms with Gasteiger partial charge in [-0.15, -0.1) is 0 Å². The Morgan fingerprint density at radius 2 is 2.07 bits per heavy atom. The molecule has 0 saturated carbocycles. The SMILES string of the molecule is CC(N[C@H]1CC2CCC1O2)C(F)(F)F. The van der Waals surface area contributed by atoms with Crippen LogP contribution in [0.5, 0.6) is 0 Å². The summed E-state index contributed by atoms with van der Waals surface area (Å²) in [5.74, 6) is 0. The Morgan fingerprint density at radius 1 is 1.36 bits per heavy atom. The van der Waals surface area contributed by atoms with Crippen molar-refractivity contribution in [1.82, 2.24) is 5.32 Å². The van der Waals surface area contributed by atoms with Gasteiger partial charge in [0, 0.05) is 6.04 Å². The lowest BCUT2D eigenvalue weighted by Crippen LogP contribution is -2.48. The molecule has 2 fully saturated rings. The molecule has 2 aliphatic rings. The Kier molecular flexibility index (Phi) is 2.47. The second-order valence-electron chi connectivity index (χ2n) is 4.15. The van der Waals surface area contributed by atoms with E-state index in [0.717, 1.165) is 26.2 Å². The number of hydrogen-bond donors (Lipinski definition) is 1. The fourth-order valence-electron chi connectivity index (χ4n) is 2.23. The molecule has 0 radical (unpaired) electrons. The van der Waals surface area contributed by atoms with Crippen molar-refractivity contribution in [3.8, 4) is 0 Å². The van der Waals surface area contributed by atoms with E-state index in [1.165, 1.54) is 0 Å². The molecule has 14 heavy (non-hydrogen) atoms. The molecule has 4 atom stereocenters. The first-order chi connectivity index (χ1) is 6.47. The first-order valence-electron chi connectivity index (χ1n) is 4.95. The van der Waals surface area contributed by atoms with Crippen molar-refractivity contribution in [2.75, 3.05) is 0 Å². The van der Waals surface area contributed by atoms with Gasteiger partial charge >= 0.3 is 6.18 Å². The predicted octanol–water partition coefficient (Wildman–Crippen LogP) is 1.85. The van der Waals surface area contributed by atoms with Crippen LogP contribution in [-0.4, -0.2) is 30.5 Å². The first-order valence-corrected chi connectivity index (χ1v) is 4.95. The average Bonchev–Trinajstić information content (AvgIpc) is 2.62. The molecular weight excluding hydrogens is 195 g/mol. The summed E-state index contributed by atoms with van der Waals surface area (Å²) in [6.07, 6.45) is -1.33. The molecule has 0 aromatic heterocycles. The third-order valence-electron chi connectivity index (χ3n) is 3.06. The van der Waals surface area contributed by atoms with E-state index in [0.29, 0.717) is 0 Å². The van der Waals surface area contributed by atoms with Gasteiger partial charge in [-0.2, -0.15) is 13.2 Å². The minimum atomic E-state index is -4.15. The van der Waals surface area contributed by atoms with Gasteiger partial charge in [0.05, 0.1) is 12.2 Å². The van der Waals surface area contributed by atoms with E-state index in [1.54, 1.807) is 0 Å². The van der Waals surface area contributed by atoms with Gasteiger partial charge in [0.25, 0.3) is 0 Å². The van der Waals surface area contributed by atoms with Crippen molar-refractivity contribution in [3.63, 3.8) is 0 Å². The maximum Gasteiger partial charge on any atom is 0.403 e. The highest BCUT2D eigenvalue weighted by Gasteiger charge is 2.44. The van der Waals surface area contributed by atoms with Gasteiger partial charge in [0.1, 0.15) is 6.04 Å². The number of nitrogens with one attached hydrogen (secondary N) is 1. The molecule has 0 aromatic carbocycles. The highest BCUT2D eigenvalue weighted by Crippen LogP contribution is 2.35.